The predicted octanol–water partition coefficient (Wildman–Crippen LogP) is 2.57. The Bertz CT molecular complexity index is 570. The Kier molecular flexibility index (Phi) is 9.88. The molecule has 2 heterocycles. The van der Waals surface area contributed by atoms with Crippen LogP contribution in [0.2, 0.25) is 0 Å². The number of likely N-dealkylation sites (tertiary alicyclic amines) is 1. The highest BCUT2D eigenvalue weighted by Crippen LogP contribution is 2.27. The van der Waals surface area contributed by atoms with E-state index in [-0.39, 0.29) is 29.9 Å². The third-order valence-electron chi connectivity index (χ3n) is 4.56. The number of carbonyl (C=O) groups is 1. The van der Waals surface area contributed by atoms with Crippen LogP contribution in [0.15, 0.2) is 22.5 Å². The summed E-state index contributed by atoms with van der Waals surface area (Å²) in [6.45, 7) is 9.90. The van der Waals surface area contributed by atoms with E-state index in [4.69, 9.17) is 5.73 Å². The van der Waals surface area contributed by atoms with Gasteiger partial charge in [0.2, 0.25) is 5.91 Å². The first-order valence-electron chi connectivity index (χ1n) is 9.03. The lowest BCUT2D eigenvalue weighted by Gasteiger charge is -2.28. The molecule has 1 amide bonds. The number of thiophene rings is 1. The highest BCUT2D eigenvalue weighted by molar-refractivity contribution is 14.0. The second kappa shape index (κ2) is 11.1. The van der Waals surface area contributed by atoms with Crippen LogP contribution in [0.1, 0.15) is 44.5 Å². The molecule has 0 aromatic carbocycles. The number of nitrogens with zero attached hydrogens (tertiary/aromatic N) is 2. The molecule has 1 atom stereocenters. The lowest BCUT2D eigenvalue weighted by atomic mass is 9.93. The number of carbonyl (C=O) groups excluding carboxylic acids is 1. The largest absolute Gasteiger partial charge is 0.369 e. The van der Waals surface area contributed by atoms with Gasteiger partial charge in [-0.25, -0.2) is 0 Å². The summed E-state index contributed by atoms with van der Waals surface area (Å²) in [7, 11) is 0. The Balaban J connectivity index is 0.00000338. The average molecular weight is 493 g/mol. The minimum atomic E-state index is -0.648. The number of aliphatic imine (C=N–C) groups is 1. The number of nitrogens with one attached hydrogen (secondary N) is 2. The molecule has 1 fully saturated rings. The van der Waals surface area contributed by atoms with Crippen molar-refractivity contribution >= 4 is 47.2 Å². The summed E-state index contributed by atoms with van der Waals surface area (Å²) in [6, 6.07) is 4.67. The van der Waals surface area contributed by atoms with Crippen molar-refractivity contribution in [1.29, 1.82) is 0 Å². The molecular weight excluding hydrogens is 461 g/mol. The number of guanidine groups is 1. The van der Waals surface area contributed by atoms with E-state index in [9.17, 15) is 4.79 Å². The summed E-state index contributed by atoms with van der Waals surface area (Å²) in [6.07, 6.45) is 2.53. The Labute approximate surface area is 178 Å². The fourth-order valence-electron chi connectivity index (χ4n) is 2.83. The Hall–Kier alpha value is -0.870. The smallest absolute Gasteiger partial charge is 0.224 e. The molecule has 0 saturated carbocycles. The second-order valence-electron chi connectivity index (χ2n) is 7.10. The average Bonchev–Trinajstić information content (AvgIpc) is 3.26. The number of hydrogen-bond donors (Lipinski definition) is 3. The van der Waals surface area contributed by atoms with Gasteiger partial charge in [0, 0.05) is 18.0 Å². The highest BCUT2D eigenvalue weighted by atomic mass is 127. The monoisotopic (exact) mass is 493 g/mol. The molecule has 26 heavy (non-hydrogen) atoms. The van der Waals surface area contributed by atoms with E-state index in [1.807, 2.05) is 20.8 Å². The lowest BCUT2D eigenvalue weighted by Crippen LogP contribution is -2.43. The number of amides is 1. The van der Waals surface area contributed by atoms with Crippen LogP contribution in [0, 0.1) is 5.41 Å². The number of hydrogen-bond acceptors (Lipinski definition) is 4. The van der Waals surface area contributed by atoms with Crippen molar-refractivity contribution in [1.82, 2.24) is 15.5 Å². The molecule has 0 radical (unpaired) electrons. The quantitative estimate of drug-likeness (QED) is 0.296. The molecule has 0 aliphatic carbocycles. The van der Waals surface area contributed by atoms with Crippen LogP contribution in [-0.4, -0.2) is 49.5 Å². The van der Waals surface area contributed by atoms with Crippen LogP contribution in [0.25, 0.3) is 0 Å². The minimum Gasteiger partial charge on any atom is -0.369 e. The molecule has 0 bridgehead atoms. The van der Waals surface area contributed by atoms with Crippen LogP contribution in [0.3, 0.4) is 0 Å². The van der Waals surface area contributed by atoms with Gasteiger partial charge in [0.15, 0.2) is 5.96 Å². The summed E-state index contributed by atoms with van der Waals surface area (Å²) in [5, 5.41) is 8.84. The summed E-state index contributed by atoms with van der Waals surface area (Å²) < 4.78 is 0. The molecule has 1 aromatic heterocycles. The zero-order valence-corrected chi connectivity index (χ0v) is 19.1. The van der Waals surface area contributed by atoms with E-state index < -0.39 is 5.41 Å². The van der Waals surface area contributed by atoms with Gasteiger partial charge >= 0.3 is 0 Å². The van der Waals surface area contributed by atoms with Crippen LogP contribution < -0.4 is 16.4 Å². The molecule has 148 valence electrons. The molecule has 1 aromatic rings. The van der Waals surface area contributed by atoms with Crippen molar-refractivity contribution in [2.24, 2.45) is 16.1 Å². The molecule has 4 N–H and O–H groups in total. The maximum Gasteiger partial charge on any atom is 0.224 e. The maximum atomic E-state index is 11.5. The van der Waals surface area contributed by atoms with Gasteiger partial charge < -0.3 is 16.4 Å². The summed E-state index contributed by atoms with van der Waals surface area (Å²) >= 11 is 1.80. The Morgan fingerprint density at radius 2 is 2.08 bits per heavy atom. The topological polar surface area (TPSA) is 82.7 Å². The first-order valence-corrected chi connectivity index (χ1v) is 9.91. The van der Waals surface area contributed by atoms with E-state index >= 15 is 0 Å². The minimum absolute atomic E-state index is 0. The third kappa shape index (κ3) is 6.70. The van der Waals surface area contributed by atoms with Crippen molar-refractivity contribution in [3.05, 3.63) is 22.4 Å². The van der Waals surface area contributed by atoms with E-state index in [0.717, 1.165) is 32.1 Å². The zero-order valence-electron chi connectivity index (χ0n) is 16.0. The zero-order chi connectivity index (χ0) is 18.3. The third-order valence-corrected chi connectivity index (χ3v) is 5.53. The predicted molar refractivity (Wildman–Crippen MR) is 120 cm³/mol. The SMILES string of the molecule is CCNC(=NCC(C)(C)C(N)=O)NCC(c1cccs1)N1CCCC1.I. The summed E-state index contributed by atoms with van der Waals surface area (Å²) in [4.78, 5) is 20.0. The molecule has 1 aliphatic heterocycles. The van der Waals surface area contributed by atoms with Crippen molar-refractivity contribution in [3.63, 3.8) is 0 Å². The van der Waals surface area contributed by atoms with E-state index in [1.54, 1.807) is 11.3 Å². The fourth-order valence-corrected chi connectivity index (χ4v) is 3.69. The van der Waals surface area contributed by atoms with Crippen molar-refractivity contribution in [2.45, 2.75) is 39.7 Å². The maximum absolute atomic E-state index is 11.5. The Morgan fingerprint density at radius 1 is 1.38 bits per heavy atom. The highest BCUT2D eigenvalue weighted by Gasteiger charge is 2.26. The molecular formula is C18H32IN5OS. The summed E-state index contributed by atoms with van der Waals surface area (Å²) in [5.74, 6) is 0.401. The fraction of sp³-hybridized carbons (Fsp3) is 0.667. The number of halogens is 1. The van der Waals surface area contributed by atoms with Crippen molar-refractivity contribution in [2.75, 3.05) is 32.7 Å². The van der Waals surface area contributed by atoms with Crippen LogP contribution in [0.4, 0.5) is 0 Å². The van der Waals surface area contributed by atoms with Gasteiger partial charge in [0.25, 0.3) is 0 Å². The lowest BCUT2D eigenvalue weighted by molar-refractivity contribution is -0.125. The van der Waals surface area contributed by atoms with Gasteiger partial charge in [0.05, 0.1) is 18.0 Å². The molecule has 0 spiro atoms. The van der Waals surface area contributed by atoms with E-state index in [2.05, 4.69) is 38.0 Å². The van der Waals surface area contributed by atoms with Gasteiger partial charge in [-0.15, -0.1) is 35.3 Å². The first kappa shape index (κ1) is 23.2. The number of rotatable bonds is 8. The number of nitrogens with two attached hydrogens (primary N) is 1. The first-order chi connectivity index (χ1) is 11.9. The molecule has 2 rings (SSSR count). The molecule has 1 saturated heterocycles. The van der Waals surface area contributed by atoms with Crippen molar-refractivity contribution < 1.29 is 4.79 Å². The molecule has 8 heteroatoms. The second-order valence-corrected chi connectivity index (χ2v) is 8.08. The van der Waals surface area contributed by atoms with Gasteiger partial charge in [-0.05, 0) is 58.1 Å². The summed E-state index contributed by atoms with van der Waals surface area (Å²) in [5.41, 5.74) is 4.80. The normalized spacial score (nSPS) is 16.8. The van der Waals surface area contributed by atoms with Gasteiger partial charge in [-0.1, -0.05) is 6.07 Å². The van der Waals surface area contributed by atoms with Gasteiger partial charge in [-0.2, -0.15) is 0 Å². The van der Waals surface area contributed by atoms with Crippen LogP contribution in [-0.2, 0) is 4.79 Å². The standard InChI is InChI=1S/C18H31N5OS.HI/c1-4-20-17(22-13-18(2,3)16(19)24)21-12-14(15-8-7-11-25-15)23-9-5-6-10-23;/h7-8,11,14H,4-6,9-10,12-13H2,1-3H3,(H2,19,24)(H2,20,21,22);1H. The van der Waals surface area contributed by atoms with Crippen LogP contribution in [0.5, 0.6) is 0 Å². The molecule has 1 unspecified atom stereocenters. The van der Waals surface area contributed by atoms with Gasteiger partial charge in [0.1, 0.15) is 0 Å². The van der Waals surface area contributed by atoms with Crippen LogP contribution >= 0.6 is 35.3 Å². The number of primary amides is 1. The Morgan fingerprint density at radius 3 is 2.62 bits per heavy atom. The van der Waals surface area contributed by atoms with Crippen molar-refractivity contribution in [3.8, 4) is 0 Å². The molecule has 6 nitrogen and oxygen atoms in total. The van der Waals surface area contributed by atoms with E-state index in [1.165, 1.54) is 17.7 Å². The van der Waals surface area contributed by atoms with E-state index in [0.29, 0.717) is 12.6 Å². The molecule has 1 aliphatic rings. The van der Waals surface area contributed by atoms with Gasteiger partial charge in [-0.3, -0.25) is 14.7 Å².